The average Bonchev–Trinajstić information content (AvgIpc) is 2.62. The number of aliphatic hydroxyl groups is 1. The zero-order valence-corrected chi connectivity index (χ0v) is 15.5. The SMILES string of the molecule is COc1cc(F)c2ncc(Cl)c(CCN3CC[C@H](NC(=O)O)[C@H](O)C3)c2c1. The zero-order chi connectivity index (χ0) is 19.6. The van der Waals surface area contributed by atoms with Gasteiger partial charge in [0.15, 0.2) is 5.82 Å². The summed E-state index contributed by atoms with van der Waals surface area (Å²) in [6.07, 6.45) is 0.567. The maximum atomic E-state index is 14.3. The van der Waals surface area contributed by atoms with Crippen molar-refractivity contribution in [2.24, 2.45) is 0 Å². The maximum absolute atomic E-state index is 14.3. The van der Waals surface area contributed by atoms with E-state index in [1.807, 2.05) is 4.90 Å². The molecule has 0 radical (unpaired) electrons. The molecule has 0 spiro atoms. The number of aromatic nitrogens is 1. The maximum Gasteiger partial charge on any atom is 0.404 e. The second kappa shape index (κ2) is 8.24. The van der Waals surface area contributed by atoms with Crippen LogP contribution in [-0.2, 0) is 6.42 Å². The van der Waals surface area contributed by atoms with Crippen LogP contribution in [0.25, 0.3) is 10.9 Å². The molecule has 146 valence electrons. The van der Waals surface area contributed by atoms with Crippen LogP contribution < -0.4 is 10.1 Å². The van der Waals surface area contributed by atoms with Gasteiger partial charge in [-0.1, -0.05) is 11.6 Å². The van der Waals surface area contributed by atoms with Crippen molar-refractivity contribution in [3.05, 3.63) is 34.7 Å². The van der Waals surface area contributed by atoms with Gasteiger partial charge in [-0.25, -0.2) is 9.18 Å². The van der Waals surface area contributed by atoms with E-state index in [0.717, 1.165) is 5.56 Å². The number of fused-ring (bicyclic) bond motifs is 1. The molecule has 9 heteroatoms. The molecule has 1 aromatic heterocycles. The number of halogens is 2. The van der Waals surface area contributed by atoms with Gasteiger partial charge >= 0.3 is 6.09 Å². The normalized spacial score (nSPS) is 20.6. The lowest BCUT2D eigenvalue weighted by Gasteiger charge is -2.35. The Bertz CT molecular complexity index is 851. The second-order valence-electron chi connectivity index (χ2n) is 6.55. The summed E-state index contributed by atoms with van der Waals surface area (Å²) in [7, 11) is 1.47. The number of rotatable bonds is 5. The van der Waals surface area contributed by atoms with E-state index >= 15 is 0 Å². The quantitative estimate of drug-likeness (QED) is 0.716. The summed E-state index contributed by atoms with van der Waals surface area (Å²) < 4.78 is 19.4. The smallest absolute Gasteiger partial charge is 0.404 e. The van der Waals surface area contributed by atoms with Gasteiger partial charge in [0.05, 0.1) is 24.3 Å². The van der Waals surface area contributed by atoms with Crippen LogP contribution in [0, 0.1) is 5.82 Å². The number of hydrogen-bond acceptors (Lipinski definition) is 5. The first-order valence-electron chi connectivity index (χ1n) is 8.59. The summed E-state index contributed by atoms with van der Waals surface area (Å²) in [5.41, 5.74) is 0.999. The van der Waals surface area contributed by atoms with E-state index in [4.69, 9.17) is 21.4 Å². The number of hydrogen-bond donors (Lipinski definition) is 3. The molecule has 1 amide bonds. The molecule has 0 bridgehead atoms. The molecular weight excluding hydrogens is 377 g/mol. The Balaban J connectivity index is 1.75. The number of methoxy groups -OCH3 is 1. The summed E-state index contributed by atoms with van der Waals surface area (Å²) in [6, 6.07) is 2.52. The highest BCUT2D eigenvalue weighted by molar-refractivity contribution is 6.32. The molecule has 1 fully saturated rings. The van der Waals surface area contributed by atoms with Crippen LogP contribution in [-0.4, -0.2) is 65.1 Å². The van der Waals surface area contributed by atoms with Gasteiger partial charge in [0.25, 0.3) is 0 Å². The lowest BCUT2D eigenvalue weighted by molar-refractivity contribution is 0.0413. The minimum Gasteiger partial charge on any atom is -0.497 e. The van der Waals surface area contributed by atoms with Gasteiger partial charge in [-0.15, -0.1) is 0 Å². The minimum absolute atomic E-state index is 0.236. The Kier molecular flexibility index (Phi) is 5.98. The summed E-state index contributed by atoms with van der Waals surface area (Å²) in [5, 5.41) is 22.3. The molecule has 2 heterocycles. The van der Waals surface area contributed by atoms with E-state index in [-0.39, 0.29) is 5.52 Å². The lowest BCUT2D eigenvalue weighted by atomic mass is 10.0. The number of ether oxygens (including phenoxy) is 1. The van der Waals surface area contributed by atoms with Gasteiger partial charge in [-0.05, 0) is 24.5 Å². The van der Waals surface area contributed by atoms with Crippen LogP contribution in [0.15, 0.2) is 18.3 Å². The van der Waals surface area contributed by atoms with Crippen molar-refractivity contribution in [2.75, 3.05) is 26.7 Å². The Labute approximate surface area is 160 Å². The summed E-state index contributed by atoms with van der Waals surface area (Å²) >= 11 is 6.31. The molecule has 1 aromatic carbocycles. The van der Waals surface area contributed by atoms with Crippen molar-refractivity contribution in [3.63, 3.8) is 0 Å². The van der Waals surface area contributed by atoms with Crippen LogP contribution in [0.2, 0.25) is 5.02 Å². The molecule has 7 nitrogen and oxygen atoms in total. The number of nitrogens with one attached hydrogen (secondary N) is 1. The number of aliphatic hydroxyl groups excluding tert-OH is 1. The third kappa shape index (κ3) is 4.40. The first-order chi connectivity index (χ1) is 12.9. The minimum atomic E-state index is -1.14. The predicted octanol–water partition coefficient (Wildman–Crippen LogP) is 2.28. The monoisotopic (exact) mass is 397 g/mol. The first-order valence-corrected chi connectivity index (χ1v) is 8.97. The highest BCUT2D eigenvalue weighted by atomic mass is 35.5. The van der Waals surface area contributed by atoms with Crippen LogP contribution in [0.5, 0.6) is 5.75 Å². The van der Waals surface area contributed by atoms with Gasteiger partial charge < -0.3 is 25.2 Å². The molecule has 3 N–H and O–H groups in total. The number of benzene rings is 1. The lowest BCUT2D eigenvalue weighted by Crippen LogP contribution is -2.54. The molecule has 3 rings (SSSR count). The predicted molar refractivity (Wildman–Crippen MR) is 99.0 cm³/mol. The first kappa shape index (κ1) is 19.6. The third-order valence-corrected chi connectivity index (χ3v) is 5.17. The topological polar surface area (TPSA) is 94.9 Å². The zero-order valence-electron chi connectivity index (χ0n) is 14.8. The fourth-order valence-electron chi connectivity index (χ4n) is 3.43. The van der Waals surface area contributed by atoms with Crippen LogP contribution in [0.4, 0.5) is 9.18 Å². The average molecular weight is 398 g/mol. The molecular formula is C18H21ClFN3O4. The third-order valence-electron chi connectivity index (χ3n) is 4.85. The number of nitrogens with zero attached hydrogens (tertiary/aromatic N) is 2. The van der Waals surface area contributed by atoms with Gasteiger partial charge in [-0.2, -0.15) is 0 Å². The highest BCUT2D eigenvalue weighted by Gasteiger charge is 2.28. The second-order valence-corrected chi connectivity index (χ2v) is 6.96. The number of pyridine rings is 1. The fourth-order valence-corrected chi connectivity index (χ4v) is 3.68. The van der Waals surface area contributed by atoms with Crippen LogP contribution in [0.3, 0.4) is 0 Å². The van der Waals surface area contributed by atoms with E-state index in [0.29, 0.717) is 48.6 Å². The van der Waals surface area contributed by atoms with Gasteiger partial charge in [0.2, 0.25) is 0 Å². The fraction of sp³-hybridized carbons (Fsp3) is 0.444. The number of piperidine rings is 1. The number of carboxylic acid groups (broad SMARTS) is 1. The molecule has 2 aromatic rings. The highest BCUT2D eigenvalue weighted by Crippen LogP contribution is 2.30. The van der Waals surface area contributed by atoms with Crippen molar-refractivity contribution >= 4 is 28.6 Å². The molecule has 2 atom stereocenters. The molecule has 1 aliphatic rings. The summed E-state index contributed by atoms with van der Waals surface area (Å²) in [6.45, 7) is 1.58. The number of likely N-dealkylation sites (tertiary alicyclic amines) is 1. The number of β-amino-alcohol motifs (C(OH)–C–C–N with tert-alkyl or cyclic N) is 1. The Hall–Kier alpha value is -2.16. The molecule has 1 saturated heterocycles. The van der Waals surface area contributed by atoms with E-state index < -0.39 is 24.1 Å². The number of amides is 1. The van der Waals surface area contributed by atoms with E-state index in [1.54, 1.807) is 6.07 Å². The summed E-state index contributed by atoms with van der Waals surface area (Å²) in [4.78, 5) is 16.9. The van der Waals surface area contributed by atoms with E-state index in [2.05, 4.69) is 10.3 Å². The van der Waals surface area contributed by atoms with Crippen LogP contribution in [0.1, 0.15) is 12.0 Å². The van der Waals surface area contributed by atoms with Crippen molar-refractivity contribution in [1.29, 1.82) is 0 Å². The largest absolute Gasteiger partial charge is 0.497 e. The van der Waals surface area contributed by atoms with Crippen molar-refractivity contribution in [3.8, 4) is 5.75 Å². The van der Waals surface area contributed by atoms with Crippen LogP contribution >= 0.6 is 11.6 Å². The van der Waals surface area contributed by atoms with E-state index in [9.17, 15) is 14.3 Å². The Morgan fingerprint density at radius 2 is 2.30 bits per heavy atom. The molecule has 0 unspecified atom stereocenters. The van der Waals surface area contributed by atoms with Gasteiger partial charge in [-0.3, -0.25) is 4.98 Å². The number of carbonyl (C=O) groups is 1. The molecule has 0 aliphatic carbocycles. The van der Waals surface area contributed by atoms with Crippen molar-refractivity contribution in [1.82, 2.24) is 15.2 Å². The standard InChI is InChI=1S/C18H21ClFN3O4/c1-27-10-6-12-11(13(19)8-21-17(12)14(20)7-10)2-4-23-5-3-15(16(24)9-23)22-18(25)26/h6-8,15-16,22,24H,2-5,9H2,1H3,(H,25,26)/t15-,16+/m0/s1. The Morgan fingerprint density at radius 3 is 2.96 bits per heavy atom. The van der Waals surface area contributed by atoms with Crippen molar-refractivity contribution < 1.29 is 24.1 Å². The molecule has 27 heavy (non-hydrogen) atoms. The Morgan fingerprint density at radius 1 is 1.52 bits per heavy atom. The van der Waals surface area contributed by atoms with Crippen molar-refractivity contribution in [2.45, 2.75) is 25.0 Å². The molecule has 1 aliphatic heterocycles. The van der Waals surface area contributed by atoms with Gasteiger partial charge in [0, 0.05) is 37.3 Å². The van der Waals surface area contributed by atoms with Gasteiger partial charge in [0.1, 0.15) is 11.3 Å². The molecule has 0 saturated carbocycles. The summed E-state index contributed by atoms with van der Waals surface area (Å²) in [5.74, 6) is -0.0838. The van der Waals surface area contributed by atoms with E-state index in [1.165, 1.54) is 19.4 Å².